The van der Waals surface area contributed by atoms with Crippen LogP contribution in [0, 0.1) is 0 Å². The fourth-order valence-electron chi connectivity index (χ4n) is 3.17. The standard InChI is InChI=1S/C20H20N4O4S2/c1-4-18-21-11(10-29-18)9-27-15-5-12(25-2)6-16-13(15)7-17(28-16)14-8-24-19(22-14)30-20(23-24)26-3/h5-8,10,20,23H,4,9H2,1-3H3. The minimum absolute atomic E-state index is 0.138. The summed E-state index contributed by atoms with van der Waals surface area (Å²) < 4.78 is 24.7. The predicted octanol–water partition coefficient (Wildman–Crippen LogP) is 4.48. The van der Waals surface area contributed by atoms with Crippen molar-refractivity contribution in [2.75, 3.05) is 19.6 Å². The van der Waals surface area contributed by atoms with E-state index in [9.17, 15) is 0 Å². The van der Waals surface area contributed by atoms with E-state index >= 15 is 0 Å². The number of fused-ring (bicyclic) bond motifs is 2. The quantitative estimate of drug-likeness (QED) is 0.447. The summed E-state index contributed by atoms with van der Waals surface area (Å²) in [6.45, 7) is 2.48. The molecule has 0 radical (unpaired) electrons. The van der Waals surface area contributed by atoms with Crippen LogP contribution in [0.15, 0.2) is 39.3 Å². The van der Waals surface area contributed by atoms with Crippen LogP contribution in [0.5, 0.6) is 11.5 Å². The number of ether oxygens (including phenoxy) is 3. The Morgan fingerprint density at radius 3 is 2.87 bits per heavy atom. The molecule has 10 heteroatoms. The van der Waals surface area contributed by atoms with Gasteiger partial charge in [-0.15, -0.1) is 11.3 Å². The van der Waals surface area contributed by atoms with Gasteiger partial charge >= 0.3 is 0 Å². The Labute approximate surface area is 181 Å². The van der Waals surface area contributed by atoms with Gasteiger partial charge in [-0.25, -0.2) is 14.6 Å². The Morgan fingerprint density at radius 1 is 1.23 bits per heavy atom. The highest BCUT2D eigenvalue weighted by molar-refractivity contribution is 7.99. The molecule has 0 aliphatic carbocycles. The van der Waals surface area contributed by atoms with Crippen molar-refractivity contribution in [3.63, 3.8) is 0 Å². The van der Waals surface area contributed by atoms with Crippen molar-refractivity contribution in [3.05, 3.63) is 40.5 Å². The number of aryl methyl sites for hydroxylation is 1. The number of nitrogens with zero attached hydrogens (tertiary/aromatic N) is 3. The molecule has 1 aromatic carbocycles. The maximum atomic E-state index is 6.09. The summed E-state index contributed by atoms with van der Waals surface area (Å²) in [5, 5.41) is 4.81. The van der Waals surface area contributed by atoms with Crippen LogP contribution in [0.4, 0.5) is 0 Å². The van der Waals surface area contributed by atoms with Crippen LogP contribution < -0.4 is 14.9 Å². The van der Waals surface area contributed by atoms with Crippen molar-refractivity contribution in [1.29, 1.82) is 0 Å². The average Bonchev–Trinajstić information content (AvgIpc) is 3.53. The maximum absolute atomic E-state index is 6.09. The van der Waals surface area contributed by atoms with E-state index in [1.807, 2.05) is 34.5 Å². The molecule has 4 heterocycles. The number of hydrogen-bond donors (Lipinski definition) is 1. The SMILES string of the molecule is CCc1nc(COc2cc(OC)cc3oc(-c4cn5c(n4)SC(OC)N5)cc23)cs1. The Kier molecular flexibility index (Phi) is 5.05. The van der Waals surface area contributed by atoms with E-state index < -0.39 is 0 Å². The lowest BCUT2D eigenvalue weighted by Gasteiger charge is -2.07. The number of hydrogen-bond acceptors (Lipinski definition) is 9. The van der Waals surface area contributed by atoms with E-state index in [1.54, 1.807) is 25.6 Å². The number of rotatable bonds is 7. The van der Waals surface area contributed by atoms with Crippen LogP contribution >= 0.6 is 23.1 Å². The summed E-state index contributed by atoms with van der Waals surface area (Å²) in [6, 6.07) is 5.66. The first-order valence-electron chi connectivity index (χ1n) is 9.40. The van der Waals surface area contributed by atoms with Crippen molar-refractivity contribution in [2.45, 2.75) is 30.7 Å². The van der Waals surface area contributed by atoms with Crippen molar-refractivity contribution in [1.82, 2.24) is 14.6 Å². The van der Waals surface area contributed by atoms with Gasteiger partial charge in [0.05, 0.1) is 29.4 Å². The van der Waals surface area contributed by atoms with E-state index in [1.165, 1.54) is 11.8 Å². The first-order valence-corrected chi connectivity index (χ1v) is 11.2. The summed E-state index contributed by atoms with van der Waals surface area (Å²) in [5.74, 6) is 2.01. The molecule has 0 fully saturated rings. The number of furan rings is 1. The first kappa shape index (κ1) is 19.3. The van der Waals surface area contributed by atoms with E-state index in [-0.39, 0.29) is 5.56 Å². The fourth-order valence-corrected chi connectivity index (χ4v) is 4.72. The Bertz CT molecular complexity index is 1180. The molecule has 5 rings (SSSR count). The van der Waals surface area contributed by atoms with Gasteiger partial charge in [0.2, 0.25) is 0 Å². The number of thiazole rings is 1. The fraction of sp³-hybridized carbons (Fsp3) is 0.300. The van der Waals surface area contributed by atoms with E-state index in [2.05, 4.69) is 22.3 Å². The minimum Gasteiger partial charge on any atom is -0.496 e. The molecule has 4 aromatic rings. The lowest BCUT2D eigenvalue weighted by Crippen LogP contribution is -2.19. The molecule has 0 amide bonds. The molecule has 0 saturated carbocycles. The molecule has 1 atom stereocenters. The van der Waals surface area contributed by atoms with Gasteiger partial charge in [0.25, 0.3) is 0 Å². The highest BCUT2D eigenvalue weighted by Gasteiger charge is 2.25. The zero-order valence-electron chi connectivity index (χ0n) is 16.7. The second kappa shape index (κ2) is 7.86. The van der Waals surface area contributed by atoms with Gasteiger partial charge in [0.1, 0.15) is 29.4 Å². The largest absolute Gasteiger partial charge is 0.496 e. The van der Waals surface area contributed by atoms with Gasteiger partial charge < -0.3 is 18.6 Å². The van der Waals surface area contributed by atoms with Crippen LogP contribution in [0.2, 0.25) is 0 Å². The van der Waals surface area contributed by atoms with Crippen LogP contribution in [0.1, 0.15) is 17.6 Å². The third-order valence-corrected chi connectivity index (χ3v) is 6.74. The summed E-state index contributed by atoms with van der Waals surface area (Å²) in [5.41, 5.74) is 5.37. The number of imidazole rings is 1. The highest BCUT2D eigenvalue weighted by atomic mass is 32.2. The molecule has 8 nitrogen and oxygen atoms in total. The molecule has 3 aromatic heterocycles. The second-order valence-electron chi connectivity index (χ2n) is 6.62. The minimum atomic E-state index is -0.138. The van der Waals surface area contributed by atoms with Gasteiger partial charge in [-0.05, 0) is 24.2 Å². The molecule has 1 N–H and O–H groups in total. The molecular formula is C20H20N4O4S2. The van der Waals surface area contributed by atoms with Crippen LogP contribution in [-0.2, 0) is 17.8 Å². The lowest BCUT2D eigenvalue weighted by atomic mass is 10.2. The molecule has 1 unspecified atom stereocenters. The summed E-state index contributed by atoms with van der Waals surface area (Å²) >= 11 is 3.15. The van der Waals surface area contributed by atoms with Gasteiger partial charge in [0.15, 0.2) is 16.5 Å². The maximum Gasteiger partial charge on any atom is 0.196 e. The van der Waals surface area contributed by atoms with Crippen LogP contribution in [-0.4, -0.2) is 34.4 Å². The van der Waals surface area contributed by atoms with Gasteiger partial charge in [-0.3, -0.25) is 5.43 Å². The zero-order chi connectivity index (χ0) is 20.7. The van der Waals surface area contributed by atoms with Crippen LogP contribution in [0.3, 0.4) is 0 Å². The average molecular weight is 445 g/mol. The molecule has 0 saturated heterocycles. The Morgan fingerprint density at radius 2 is 2.13 bits per heavy atom. The normalized spacial score (nSPS) is 15.4. The number of aromatic nitrogens is 3. The lowest BCUT2D eigenvalue weighted by molar-refractivity contribution is 0.187. The van der Waals surface area contributed by atoms with Gasteiger partial charge in [-0.1, -0.05) is 6.92 Å². The molecule has 0 spiro atoms. The number of thioether (sulfide) groups is 1. The predicted molar refractivity (Wildman–Crippen MR) is 116 cm³/mol. The Balaban J connectivity index is 1.45. The first-order chi connectivity index (χ1) is 14.7. The van der Waals surface area contributed by atoms with Crippen molar-refractivity contribution >= 4 is 34.1 Å². The van der Waals surface area contributed by atoms with Crippen molar-refractivity contribution < 1.29 is 18.6 Å². The molecule has 156 valence electrons. The zero-order valence-corrected chi connectivity index (χ0v) is 18.3. The topological polar surface area (TPSA) is 83.6 Å². The van der Waals surface area contributed by atoms with Gasteiger partial charge in [0, 0.05) is 24.6 Å². The third kappa shape index (κ3) is 3.51. The summed E-state index contributed by atoms with van der Waals surface area (Å²) in [4.78, 5) is 9.21. The second-order valence-corrected chi connectivity index (χ2v) is 8.59. The Hall–Kier alpha value is -2.69. The van der Waals surface area contributed by atoms with Gasteiger partial charge in [-0.2, -0.15) is 0 Å². The molecule has 0 bridgehead atoms. The monoisotopic (exact) mass is 444 g/mol. The molecule has 1 aliphatic rings. The number of methoxy groups -OCH3 is 2. The number of benzene rings is 1. The van der Waals surface area contributed by atoms with E-state index in [0.717, 1.165) is 33.4 Å². The third-order valence-electron chi connectivity index (χ3n) is 4.68. The molecular weight excluding hydrogens is 424 g/mol. The summed E-state index contributed by atoms with van der Waals surface area (Å²) in [7, 11) is 3.28. The van der Waals surface area contributed by atoms with E-state index in [0.29, 0.717) is 29.4 Å². The highest BCUT2D eigenvalue weighted by Crippen LogP contribution is 2.38. The van der Waals surface area contributed by atoms with E-state index in [4.69, 9.17) is 18.6 Å². The smallest absolute Gasteiger partial charge is 0.196 e. The molecule has 30 heavy (non-hydrogen) atoms. The van der Waals surface area contributed by atoms with Crippen molar-refractivity contribution in [3.8, 4) is 23.0 Å². The number of nitrogens with one attached hydrogen (secondary N) is 1. The van der Waals surface area contributed by atoms with Crippen molar-refractivity contribution in [2.24, 2.45) is 0 Å². The molecule has 1 aliphatic heterocycles. The van der Waals surface area contributed by atoms with Crippen LogP contribution in [0.25, 0.3) is 22.4 Å². The summed E-state index contributed by atoms with van der Waals surface area (Å²) in [6.07, 6.45) is 2.81.